The highest BCUT2D eigenvalue weighted by Gasteiger charge is 2.40. The topological polar surface area (TPSA) is 123 Å². The van der Waals surface area contributed by atoms with E-state index in [4.69, 9.17) is 9.47 Å². The van der Waals surface area contributed by atoms with Crippen molar-refractivity contribution in [3.8, 4) is 0 Å². The molecule has 0 radical (unpaired) electrons. The average Bonchev–Trinajstić information content (AvgIpc) is 3.05. The van der Waals surface area contributed by atoms with Crippen LogP contribution in [0.2, 0.25) is 0 Å². The van der Waals surface area contributed by atoms with Crippen molar-refractivity contribution in [2.75, 3.05) is 19.8 Å². The number of hydrogen-bond donors (Lipinski definition) is 2. The van der Waals surface area contributed by atoms with Gasteiger partial charge in [0.25, 0.3) is 11.5 Å². The normalized spacial score (nSPS) is 20.7. The summed E-state index contributed by atoms with van der Waals surface area (Å²) >= 11 is 0. The molecule has 2 amide bonds. The lowest BCUT2D eigenvalue weighted by Crippen LogP contribution is -2.49. The van der Waals surface area contributed by atoms with Crippen LogP contribution in [0.4, 0.5) is 4.79 Å². The standard InChI is InChI=1S/C25H34N4O6/c1-5-21-20-10-15(22(31)29-16-7-8-17(29)14-34-13-16)6-9-19(20)23(32)28(27-21)12-18(30)11-26-24(33)35-25(2,3)4/h6,9-10,16-18,30H,5,7-8,11-14H2,1-4H3,(H,26,33)/t16?,17?,18-/m0/s1. The molecule has 190 valence electrons. The number of carbonyl (C=O) groups excluding carboxylic acids is 2. The number of rotatable bonds is 6. The number of morpholine rings is 1. The number of aromatic nitrogens is 2. The fourth-order valence-electron chi connectivity index (χ4n) is 4.76. The molecule has 3 heterocycles. The highest BCUT2D eigenvalue weighted by atomic mass is 16.6. The molecule has 3 atom stereocenters. The largest absolute Gasteiger partial charge is 0.444 e. The molecule has 2 aromatic rings. The van der Waals surface area contributed by atoms with Crippen LogP contribution in [0.5, 0.6) is 0 Å². The molecule has 1 aromatic carbocycles. The predicted molar refractivity (Wildman–Crippen MR) is 129 cm³/mol. The van der Waals surface area contributed by atoms with Gasteiger partial charge in [-0.25, -0.2) is 9.48 Å². The Bertz CT molecular complexity index is 1150. The summed E-state index contributed by atoms with van der Waals surface area (Å²) in [6, 6.07) is 5.31. The molecule has 0 aliphatic carbocycles. The Balaban J connectivity index is 1.53. The molecule has 2 saturated heterocycles. The third-order valence-electron chi connectivity index (χ3n) is 6.36. The molecule has 0 saturated carbocycles. The van der Waals surface area contributed by atoms with Gasteiger partial charge in [0, 0.05) is 17.5 Å². The summed E-state index contributed by atoms with van der Waals surface area (Å²) in [5.41, 5.74) is 0.181. The second kappa shape index (κ2) is 9.94. The summed E-state index contributed by atoms with van der Waals surface area (Å²) in [4.78, 5) is 40.2. The van der Waals surface area contributed by atoms with Crippen LogP contribution < -0.4 is 10.9 Å². The molecule has 4 rings (SSSR count). The van der Waals surface area contributed by atoms with E-state index < -0.39 is 17.8 Å². The van der Waals surface area contributed by atoms with E-state index in [9.17, 15) is 19.5 Å². The van der Waals surface area contributed by atoms with Gasteiger partial charge in [0.15, 0.2) is 0 Å². The Hall–Kier alpha value is -2.98. The Kier molecular flexibility index (Phi) is 7.14. The van der Waals surface area contributed by atoms with Crippen LogP contribution in [0.15, 0.2) is 23.0 Å². The molecule has 2 N–H and O–H groups in total. The summed E-state index contributed by atoms with van der Waals surface area (Å²) in [6.45, 7) is 8.12. The van der Waals surface area contributed by atoms with Crippen molar-refractivity contribution in [2.45, 2.75) is 77.3 Å². The number of ether oxygens (including phenoxy) is 2. The van der Waals surface area contributed by atoms with Crippen LogP contribution in [0.1, 0.15) is 56.6 Å². The molecule has 10 nitrogen and oxygen atoms in total. The van der Waals surface area contributed by atoms with E-state index >= 15 is 0 Å². The van der Waals surface area contributed by atoms with E-state index in [-0.39, 0.29) is 36.6 Å². The fraction of sp³-hybridized carbons (Fsp3) is 0.600. The molecule has 0 spiro atoms. The van der Waals surface area contributed by atoms with Crippen molar-refractivity contribution in [1.82, 2.24) is 20.0 Å². The number of alkyl carbamates (subject to hydrolysis) is 1. The van der Waals surface area contributed by atoms with Crippen molar-refractivity contribution in [3.05, 3.63) is 39.8 Å². The highest BCUT2D eigenvalue weighted by molar-refractivity contribution is 5.99. The molecule has 2 aliphatic heterocycles. The number of benzene rings is 1. The Morgan fingerprint density at radius 1 is 1.23 bits per heavy atom. The smallest absolute Gasteiger partial charge is 0.407 e. The predicted octanol–water partition coefficient (Wildman–Crippen LogP) is 1.85. The first-order valence-corrected chi connectivity index (χ1v) is 12.2. The first kappa shape index (κ1) is 25.1. The quantitative estimate of drug-likeness (QED) is 0.639. The molecule has 2 unspecified atom stereocenters. The second-order valence-electron chi connectivity index (χ2n) is 10.2. The molecule has 2 fully saturated rings. The number of aryl methyl sites for hydroxylation is 1. The maximum absolute atomic E-state index is 13.3. The summed E-state index contributed by atoms with van der Waals surface area (Å²) in [5, 5.41) is 18.4. The molecule has 2 bridgehead atoms. The number of nitrogens with one attached hydrogen (secondary N) is 1. The van der Waals surface area contributed by atoms with Gasteiger partial charge in [-0.3, -0.25) is 9.59 Å². The number of aliphatic hydroxyl groups is 1. The van der Waals surface area contributed by atoms with Gasteiger partial charge in [-0.05, 0) is 58.2 Å². The third-order valence-corrected chi connectivity index (χ3v) is 6.36. The molecular formula is C25H34N4O6. The van der Waals surface area contributed by atoms with Crippen molar-refractivity contribution < 1.29 is 24.2 Å². The van der Waals surface area contributed by atoms with Gasteiger partial charge < -0.3 is 24.8 Å². The number of carbonyl (C=O) groups is 2. The van der Waals surface area contributed by atoms with Gasteiger partial charge in [0.1, 0.15) is 5.60 Å². The maximum atomic E-state index is 13.3. The number of fused-ring (bicyclic) bond motifs is 3. The summed E-state index contributed by atoms with van der Waals surface area (Å²) in [6.07, 6.45) is 0.759. The maximum Gasteiger partial charge on any atom is 0.407 e. The number of aliphatic hydroxyl groups excluding tert-OH is 1. The molecule has 2 aliphatic rings. The van der Waals surface area contributed by atoms with Crippen LogP contribution in [-0.4, -0.2) is 75.3 Å². The van der Waals surface area contributed by atoms with Gasteiger partial charge in [0.2, 0.25) is 0 Å². The third kappa shape index (κ3) is 5.48. The van der Waals surface area contributed by atoms with Crippen molar-refractivity contribution in [2.24, 2.45) is 0 Å². The Labute approximate surface area is 204 Å². The minimum atomic E-state index is -1.03. The van der Waals surface area contributed by atoms with Crippen LogP contribution in [0, 0.1) is 0 Å². The number of hydrogen-bond acceptors (Lipinski definition) is 7. The van der Waals surface area contributed by atoms with E-state index in [2.05, 4.69) is 10.4 Å². The zero-order valence-corrected chi connectivity index (χ0v) is 20.7. The highest BCUT2D eigenvalue weighted by Crippen LogP contribution is 2.31. The first-order chi connectivity index (χ1) is 16.6. The molecule has 1 aromatic heterocycles. The summed E-state index contributed by atoms with van der Waals surface area (Å²) in [5.74, 6) is -0.0439. The number of amides is 2. The van der Waals surface area contributed by atoms with Gasteiger partial charge in [0.05, 0.1) is 49.0 Å². The molecular weight excluding hydrogens is 452 g/mol. The van der Waals surface area contributed by atoms with Crippen LogP contribution in [0.3, 0.4) is 0 Å². The molecule has 35 heavy (non-hydrogen) atoms. The fourth-order valence-corrected chi connectivity index (χ4v) is 4.76. The average molecular weight is 487 g/mol. The van der Waals surface area contributed by atoms with Gasteiger partial charge >= 0.3 is 6.09 Å². The van der Waals surface area contributed by atoms with Crippen molar-refractivity contribution in [1.29, 1.82) is 0 Å². The van der Waals surface area contributed by atoms with Crippen molar-refractivity contribution >= 4 is 22.8 Å². The minimum absolute atomic E-state index is 0.0439. The van der Waals surface area contributed by atoms with Gasteiger partial charge in [-0.2, -0.15) is 5.10 Å². The van der Waals surface area contributed by atoms with E-state index in [1.165, 1.54) is 4.68 Å². The number of nitrogens with zero attached hydrogens (tertiary/aromatic N) is 3. The van der Waals surface area contributed by atoms with Crippen LogP contribution in [0.25, 0.3) is 10.8 Å². The van der Waals surface area contributed by atoms with E-state index in [1.54, 1.807) is 39.0 Å². The molecule has 10 heteroatoms. The monoisotopic (exact) mass is 486 g/mol. The van der Waals surface area contributed by atoms with E-state index in [1.807, 2.05) is 11.8 Å². The van der Waals surface area contributed by atoms with E-state index in [0.717, 1.165) is 12.8 Å². The van der Waals surface area contributed by atoms with Gasteiger partial charge in [-0.15, -0.1) is 0 Å². The van der Waals surface area contributed by atoms with Crippen molar-refractivity contribution in [3.63, 3.8) is 0 Å². The lowest BCUT2D eigenvalue weighted by Gasteiger charge is -2.34. The Morgan fingerprint density at radius 3 is 2.54 bits per heavy atom. The SMILES string of the molecule is CCc1nn(C[C@@H](O)CNC(=O)OC(C)(C)C)c(=O)c2ccc(C(=O)N3C4CCC3COC4)cc12. The zero-order valence-electron chi connectivity index (χ0n) is 20.7. The van der Waals surface area contributed by atoms with E-state index in [0.29, 0.717) is 41.7 Å². The minimum Gasteiger partial charge on any atom is -0.444 e. The van der Waals surface area contributed by atoms with Crippen LogP contribution >= 0.6 is 0 Å². The second-order valence-corrected chi connectivity index (χ2v) is 10.2. The zero-order chi connectivity index (χ0) is 25.3. The summed E-state index contributed by atoms with van der Waals surface area (Å²) < 4.78 is 12.0. The Morgan fingerprint density at radius 2 is 1.91 bits per heavy atom. The first-order valence-electron chi connectivity index (χ1n) is 12.2. The van der Waals surface area contributed by atoms with Gasteiger partial charge in [-0.1, -0.05) is 6.92 Å². The lowest BCUT2D eigenvalue weighted by molar-refractivity contribution is -0.00715. The summed E-state index contributed by atoms with van der Waals surface area (Å²) in [7, 11) is 0. The van der Waals surface area contributed by atoms with Crippen LogP contribution in [-0.2, 0) is 22.4 Å². The lowest BCUT2D eigenvalue weighted by atomic mass is 10.0.